The highest BCUT2D eigenvalue weighted by Gasteiger charge is 2.34. The number of rotatable bonds is 8. The number of carbonyl (C=O) groups excluding carboxylic acids is 1. The fraction of sp³-hybridized carbons (Fsp3) is 0.435. The minimum Gasteiger partial charge on any atom is -0.495 e. The molecule has 0 heterocycles. The smallest absolute Gasteiger partial charge is 0.243 e. The van der Waals surface area contributed by atoms with Crippen LogP contribution in [0.3, 0.4) is 0 Å². The van der Waals surface area contributed by atoms with Crippen molar-refractivity contribution < 1.29 is 17.9 Å². The van der Waals surface area contributed by atoms with E-state index in [0.717, 1.165) is 44.1 Å². The Kier molecular flexibility index (Phi) is 7.97. The number of hydrogen-bond acceptors (Lipinski definition) is 4. The van der Waals surface area contributed by atoms with E-state index >= 15 is 0 Å². The van der Waals surface area contributed by atoms with Gasteiger partial charge >= 0.3 is 0 Å². The Labute approximate surface area is 189 Å². The molecule has 168 valence electrons. The van der Waals surface area contributed by atoms with Crippen LogP contribution in [-0.2, 0) is 21.2 Å². The van der Waals surface area contributed by atoms with Gasteiger partial charge in [0.25, 0.3) is 0 Å². The van der Waals surface area contributed by atoms with Crippen molar-refractivity contribution in [2.45, 2.75) is 56.4 Å². The molecule has 0 atom stereocenters. The molecule has 1 N–H and O–H groups in total. The van der Waals surface area contributed by atoms with Crippen LogP contribution in [0.4, 0.5) is 5.69 Å². The Bertz CT molecular complexity index is 1020. The maximum Gasteiger partial charge on any atom is 0.243 e. The molecule has 0 spiro atoms. The number of carbonyl (C=O) groups is 1. The summed E-state index contributed by atoms with van der Waals surface area (Å²) in [6.07, 6.45) is 5.21. The highest BCUT2D eigenvalue weighted by Crippen LogP contribution is 2.32. The van der Waals surface area contributed by atoms with Gasteiger partial charge in [-0.15, -0.1) is 0 Å². The molecule has 1 saturated carbocycles. The molecule has 0 saturated heterocycles. The Balaban J connectivity index is 1.89. The summed E-state index contributed by atoms with van der Waals surface area (Å²) in [7, 11) is -2.44. The standard InChI is InChI=1S/C23H29ClN2O4S/c1-3-17-9-7-8-12-21(17)25-23(27)16-26(18-10-5-4-6-11-18)31(28,29)19-13-14-22(30-2)20(24)15-19/h7-9,12-15,18H,3-6,10-11,16H2,1-2H3,(H,25,27). The first kappa shape index (κ1) is 23.6. The van der Waals surface area contributed by atoms with E-state index < -0.39 is 10.0 Å². The van der Waals surface area contributed by atoms with Crippen LogP contribution in [0.2, 0.25) is 5.02 Å². The lowest BCUT2D eigenvalue weighted by Gasteiger charge is -2.33. The minimum atomic E-state index is -3.92. The van der Waals surface area contributed by atoms with Crippen LogP contribution < -0.4 is 10.1 Å². The number of para-hydroxylation sites is 1. The van der Waals surface area contributed by atoms with E-state index in [2.05, 4.69) is 5.32 Å². The molecule has 3 rings (SSSR count). The first-order chi connectivity index (χ1) is 14.9. The maximum absolute atomic E-state index is 13.5. The van der Waals surface area contributed by atoms with Gasteiger partial charge in [0.15, 0.2) is 0 Å². The van der Waals surface area contributed by atoms with E-state index in [0.29, 0.717) is 11.4 Å². The summed E-state index contributed by atoms with van der Waals surface area (Å²) < 4.78 is 33.6. The monoisotopic (exact) mass is 464 g/mol. The lowest BCUT2D eigenvalue weighted by molar-refractivity contribution is -0.116. The Hall–Kier alpha value is -2.09. The van der Waals surface area contributed by atoms with E-state index in [1.807, 2.05) is 31.2 Å². The molecule has 2 aromatic carbocycles. The zero-order valence-electron chi connectivity index (χ0n) is 17.9. The van der Waals surface area contributed by atoms with Crippen molar-refractivity contribution in [3.63, 3.8) is 0 Å². The maximum atomic E-state index is 13.5. The predicted molar refractivity (Wildman–Crippen MR) is 123 cm³/mol. The summed E-state index contributed by atoms with van der Waals surface area (Å²) in [5.41, 5.74) is 1.72. The summed E-state index contributed by atoms with van der Waals surface area (Å²) in [4.78, 5) is 13.0. The molecule has 2 aromatic rings. The number of nitrogens with one attached hydrogen (secondary N) is 1. The van der Waals surface area contributed by atoms with Crippen LogP contribution in [0, 0.1) is 0 Å². The zero-order chi connectivity index (χ0) is 22.4. The van der Waals surface area contributed by atoms with Crippen LogP contribution in [-0.4, -0.2) is 38.3 Å². The third-order valence-corrected chi connectivity index (χ3v) is 7.87. The van der Waals surface area contributed by atoms with Crippen LogP contribution >= 0.6 is 11.6 Å². The lowest BCUT2D eigenvalue weighted by Crippen LogP contribution is -2.45. The fourth-order valence-corrected chi connectivity index (χ4v) is 5.99. The molecule has 31 heavy (non-hydrogen) atoms. The van der Waals surface area contributed by atoms with Gasteiger partial charge < -0.3 is 10.1 Å². The van der Waals surface area contributed by atoms with Crippen molar-refractivity contribution >= 4 is 33.2 Å². The van der Waals surface area contributed by atoms with Gasteiger partial charge in [0.2, 0.25) is 15.9 Å². The number of benzene rings is 2. The number of halogens is 1. The fourth-order valence-electron chi connectivity index (χ4n) is 4.00. The SMILES string of the molecule is CCc1ccccc1NC(=O)CN(C1CCCCC1)S(=O)(=O)c1ccc(OC)c(Cl)c1. The van der Waals surface area contributed by atoms with Gasteiger partial charge in [0.1, 0.15) is 5.75 Å². The van der Waals surface area contributed by atoms with E-state index in [4.69, 9.17) is 16.3 Å². The number of sulfonamides is 1. The Morgan fingerprint density at radius 3 is 2.52 bits per heavy atom. The Morgan fingerprint density at radius 1 is 1.16 bits per heavy atom. The highest BCUT2D eigenvalue weighted by molar-refractivity contribution is 7.89. The van der Waals surface area contributed by atoms with Crippen molar-refractivity contribution in [3.8, 4) is 5.75 Å². The summed E-state index contributed by atoms with van der Waals surface area (Å²) in [5, 5.41) is 3.11. The van der Waals surface area contributed by atoms with Crippen LogP contribution in [0.15, 0.2) is 47.4 Å². The van der Waals surface area contributed by atoms with Gasteiger partial charge in [-0.25, -0.2) is 8.42 Å². The Morgan fingerprint density at radius 2 is 1.87 bits per heavy atom. The average molecular weight is 465 g/mol. The number of anilines is 1. The van der Waals surface area contributed by atoms with Gasteiger partial charge in [0, 0.05) is 11.7 Å². The van der Waals surface area contributed by atoms with Crippen molar-refractivity contribution in [2.75, 3.05) is 19.0 Å². The summed E-state index contributed by atoms with van der Waals surface area (Å²) in [5.74, 6) is 0.0494. The van der Waals surface area contributed by atoms with Crippen molar-refractivity contribution in [3.05, 3.63) is 53.1 Å². The summed E-state index contributed by atoms with van der Waals surface area (Å²) in [6.45, 7) is 1.77. The molecule has 8 heteroatoms. The molecule has 1 amide bonds. The molecule has 1 aliphatic rings. The minimum absolute atomic E-state index is 0.0608. The quantitative estimate of drug-likeness (QED) is 0.604. The number of amides is 1. The molecule has 1 fully saturated rings. The van der Waals surface area contributed by atoms with E-state index in [9.17, 15) is 13.2 Å². The van der Waals surface area contributed by atoms with E-state index in [1.165, 1.54) is 29.6 Å². The largest absolute Gasteiger partial charge is 0.495 e. The van der Waals surface area contributed by atoms with Crippen molar-refractivity contribution in [1.29, 1.82) is 0 Å². The van der Waals surface area contributed by atoms with E-state index in [-0.39, 0.29) is 28.4 Å². The average Bonchev–Trinajstić information content (AvgIpc) is 2.78. The zero-order valence-corrected chi connectivity index (χ0v) is 19.5. The molecule has 6 nitrogen and oxygen atoms in total. The summed E-state index contributed by atoms with van der Waals surface area (Å²) >= 11 is 6.19. The lowest BCUT2D eigenvalue weighted by atomic mass is 9.95. The van der Waals surface area contributed by atoms with Gasteiger partial charge in [-0.2, -0.15) is 4.31 Å². The third-order valence-electron chi connectivity index (χ3n) is 5.68. The molecule has 0 aliphatic heterocycles. The van der Waals surface area contributed by atoms with Crippen LogP contribution in [0.1, 0.15) is 44.6 Å². The molecule has 0 bridgehead atoms. The first-order valence-electron chi connectivity index (χ1n) is 10.6. The number of ether oxygens (including phenoxy) is 1. The van der Waals surface area contributed by atoms with Crippen LogP contribution in [0.5, 0.6) is 5.75 Å². The van der Waals surface area contributed by atoms with E-state index in [1.54, 1.807) is 0 Å². The normalized spacial score (nSPS) is 15.1. The number of nitrogens with zero attached hydrogens (tertiary/aromatic N) is 1. The summed E-state index contributed by atoms with van der Waals surface area (Å²) in [6, 6.07) is 11.7. The number of methoxy groups -OCH3 is 1. The van der Waals surface area contributed by atoms with Crippen molar-refractivity contribution in [1.82, 2.24) is 4.31 Å². The van der Waals surface area contributed by atoms with Gasteiger partial charge in [0.05, 0.1) is 23.6 Å². The van der Waals surface area contributed by atoms with Gasteiger partial charge in [-0.05, 0) is 49.1 Å². The third kappa shape index (κ3) is 5.59. The van der Waals surface area contributed by atoms with Crippen molar-refractivity contribution in [2.24, 2.45) is 0 Å². The molecular weight excluding hydrogens is 436 g/mol. The molecular formula is C23H29ClN2O4S. The van der Waals surface area contributed by atoms with Gasteiger partial charge in [-0.3, -0.25) is 4.79 Å². The van der Waals surface area contributed by atoms with Crippen LogP contribution in [0.25, 0.3) is 0 Å². The predicted octanol–water partition coefficient (Wildman–Crippen LogP) is 4.87. The molecule has 0 radical (unpaired) electrons. The van der Waals surface area contributed by atoms with Gasteiger partial charge in [-0.1, -0.05) is 56.0 Å². The molecule has 1 aliphatic carbocycles. The second-order valence-corrected chi connectivity index (χ2v) is 10.00. The number of aryl methyl sites for hydroxylation is 1. The molecule has 0 aromatic heterocycles. The number of hydrogen-bond donors (Lipinski definition) is 1. The topological polar surface area (TPSA) is 75.7 Å². The second-order valence-electron chi connectivity index (χ2n) is 7.70. The second kappa shape index (κ2) is 10.5. The first-order valence-corrected chi connectivity index (χ1v) is 12.4. The molecule has 0 unspecified atom stereocenters. The highest BCUT2D eigenvalue weighted by atomic mass is 35.5.